The van der Waals surface area contributed by atoms with E-state index >= 15 is 0 Å². The first-order valence-electron chi connectivity index (χ1n) is 8.27. The maximum absolute atomic E-state index is 12.5. The van der Waals surface area contributed by atoms with Crippen LogP contribution >= 0.6 is 11.3 Å². The summed E-state index contributed by atoms with van der Waals surface area (Å²) in [5.74, 6) is 0.162. The number of aliphatic hydroxyl groups excluding tert-OH is 1. The summed E-state index contributed by atoms with van der Waals surface area (Å²) >= 11 is 1.56. The molecule has 2 aliphatic carbocycles. The zero-order valence-electron chi connectivity index (χ0n) is 13.0. The Hall–Kier alpha value is -1.65. The molecule has 3 unspecified atom stereocenters. The van der Waals surface area contributed by atoms with Crippen molar-refractivity contribution in [3.05, 3.63) is 57.8 Å². The van der Waals surface area contributed by atoms with E-state index in [1.165, 1.54) is 17.5 Å². The van der Waals surface area contributed by atoms with E-state index in [2.05, 4.69) is 29.6 Å². The highest BCUT2D eigenvalue weighted by molar-refractivity contribution is 7.07. The molecule has 4 heteroatoms. The largest absolute Gasteiger partial charge is 0.387 e. The van der Waals surface area contributed by atoms with E-state index in [1.807, 2.05) is 16.8 Å². The highest BCUT2D eigenvalue weighted by atomic mass is 32.1. The molecule has 0 radical (unpaired) electrons. The van der Waals surface area contributed by atoms with Crippen LogP contribution in [0.4, 0.5) is 0 Å². The lowest BCUT2D eigenvalue weighted by atomic mass is 9.78. The summed E-state index contributed by atoms with van der Waals surface area (Å²) in [5.41, 5.74) is 3.73. The topological polar surface area (TPSA) is 49.3 Å². The average Bonchev–Trinajstić information content (AvgIpc) is 3.04. The van der Waals surface area contributed by atoms with Gasteiger partial charge in [0, 0.05) is 17.9 Å². The SMILES string of the molecule is O=C(NCC(O)c1ccsc1)C1CC12CCCc1ccccc12. The summed E-state index contributed by atoms with van der Waals surface area (Å²) in [6, 6.07) is 10.5. The minimum Gasteiger partial charge on any atom is -0.387 e. The molecular weight excluding hydrogens is 306 g/mol. The highest BCUT2D eigenvalue weighted by Gasteiger charge is 2.59. The lowest BCUT2D eigenvalue weighted by molar-refractivity contribution is -0.123. The minimum absolute atomic E-state index is 0.0618. The summed E-state index contributed by atoms with van der Waals surface area (Å²) in [5, 5.41) is 16.9. The minimum atomic E-state index is -0.612. The van der Waals surface area contributed by atoms with Crippen LogP contribution < -0.4 is 5.32 Å². The predicted molar refractivity (Wildman–Crippen MR) is 91.5 cm³/mol. The van der Waals surface area contributed by atoms with Gasteiger partial charge in [0.15, 0.2) is 0 Å². The molecule has 2 N–H and O–H groups in total. The van der Waals surface area contributed by atoms with Crippen molar-refractivity contribution >= 4 is 17.2 Å². The second-order valence-corrected chi connectivity index (χ2v) is 7.52. The van der Waals surface area contributed by atoms with Crippen molar-refractivity contribution in [2.45, 2.75) is 37.2 Å². The van der Waals surface area contributed by atoms with Crippen LogP contribution in [-0.2, 0) is 16.6 Å². The summed E-state index contributed by atoms with van der Waals surface area (Å²) in [4.78, 5) is 12.5. The van der Waals surface area contributed by atoms with Gasteiger partial charge in [-0.2, -0.15) is 11.3 Å². The molecule has 0 bridgehead atoms. The third-order valence-electron chi connectivity index (χ3n) is 5.41. The number of carbonyl (C=O) groups is 1. The number of amides is 1. The maximum Gasteiger partial charge on any atom is 0.224 e. The van der Waals surface area contributed by atoms with E-state index < -0.39 is 6.10 Å². The number of rotatable bonds is 4. The predicted octanol–water partition coefficient (Wildman–Crippen LogP) is 3.19. The van der Waals surface area contributed by atoms with Crippen LogP contribution in [-0.4, -0.2) is 17.6 Å². The average molecular weight is 327 g/mol. The molecule has 2 aliphatic rings. The molecule has 120 valence electrons. The lowest BCUT2D eigenvalue weighted by Crippen LogP contribution is -2.32. The third-order valence-corrected chi connectivity index (χ3v) is 6.11. The van der Waals surface area contributed by atoms with Gasteiger partial charge in [0.05, 0.1) is 6.10 Å². The zero-order chi connectivity index (χ0) is 15.9. The molecule has 4 rings (SSSR count). The highest BCUT2D eigenvalue weighted by Crippen LogP contribution is 2.60. The molecule has 1 aromatic heterocycles. The Kier molecular flexibility index (Phi) is 3.74. The number of thiophene rings is 1. The monoisotopic (exact) mass is 327 g/mol. The Bertz CT molecular complexity index is 712. The van der Waals surface area contributed by atoms with Crippen molar-refractivity contribution in [1.82, 2.24) is 5.32 Å². The fourth-order valence-electron chi connectivity index (χ4n) is 4.08. The molecule has 0 saturated heterocycles. The van der Waals surface area contributed by atoms with Crippen LogP contribution in [0.3, 0.4) is 0 Å². The van der Waals surface area contributed by atoms with Crippen LogP contribution in [0, 0.1) is 5.92 Å². The first-order chi connectivity index (χ1) is 11.2. The Morgan fingerprint density at radius 3 is 3.09 bits per heavy atom. The number of carbonyl (C=O) groups excluding carboxylic acids is 1. The van der Waals surface area contributed by atoms with E-state index in [0.29, 0.717) is 6.54 Å². The van der Waals surface area contributed by atoms with Crippen LogP contribution in [0.1, 0.15) is 42.1 Å². The Morgan fingerprint density at radius 1 is 1.39 bits per heavy atom. The number of fused-ring (bicyclic) bond motifs is 2. The third kappa shape index (κ3) is 2.60. The van der Waals surface area contributed by atoms with Crippen molar-refractivity contribution in [1.29, 1.82) is 0 Å². The Balaban J connectivity index is 1.42. The van der Waals surface area contributed by atoms with Crippen LogP contribution in [0.15, 0.2) is 41.1 Å². The van der Waals surface area contributed by atoms with Gasteiger partial charge in [-0.1, -0.05) is 24.3 Å². The van der Waals surface area contributed by atoms with Crippen LogP contribution in [0.2, 0.25) is 0 Å². The summed E-state index contributed by atoms with van der Waals surface area (Å²) in [6.07, 6.45) is 3.74. The number of benzene rings is 1. The number of hydrogen-bond donors (Lipinski definition) is 2. The van der Waals surface area contributed by atoms with Crippen molar-refractivity contribution in [3.63, 3.8) is 0 Å². The summed E-state index contributed by atoms with van der Waals surface area (Å²) in [7, 11) is 0. The van der Waals surface area contributed by atoms with Gasteiger partial charge < -0.3 is 10.4 Å². The molecular formula is C19H21NO2S. The number of hydrogen-bond acceptors (Lipinski definition) is 3. The van der Waals surface area contributed by atoms with Crippen LogP contribution in [0.25, 0.3) is 0 Å². The fraction of sp³-hybridized carbons (Fsp3) is 0.421. The van der Waals surface area contributed by atoms with Crippen LogP contribution in [0.5, 0.6) is 0 Å². The van der Waals surface area contributed by atoms with E-state index in [-0.39, 0.29) is 17.2 Å². The van der Waals surface area contributed by atoms with Gasteiger partial charge in [-0.15, -0.1) is 0 Å². The first-order valence-corrected chi connectivity index (χ1v) is 9.21. The van der Waals surface area contributed by atoms with Gasteiger partial charge in [0.1, 0.15) is 0 Å². The van der Waals surface area contributed by atoms with E-state index in [0.717, 1.165) is 24.8 Å². The second kappa shape index (κ2) is 5.77. The van der Waals surface area contributed by atoms with Gasteiger partial charge in [-0.3, -0.25) is 4.79 Å². The molecule has 1 amide bonds. The Morgan fingerprint density at radius 2 is 2.26 bits per heavy atom. The number of aryl methyl sites for hydroxylation is 1. The van der Waals surface area contributed by atoms with E-state index in [1.54, 1.807) is 11.3 Å². The van der Waals surface area contributed by atoms with E-state index in [4.69, 9.17) is 0 Å². The standard InChI is InChI=1S/C19H21NO2S/c21-17(14-7-9-23-12-14)11-20-18(22)16-10-19(16)8-3-5-13-4-1-2-6-15(13)19/h1-2,4,6-7,9,12,16-17,21H,3,5,8,10-11H2,(H,20,22). The molecule has 1 fully saturated rings. The second-order valence-electron chi connectivity index (χ2n) is 6.74. The smallest absolute Gasteiger partial charge is 0.224 e. The quantitative estimate of drug-likeness (QED) is 0.906. The van der Waals surface area contributed by atoms with Gasteiger partial charge in [0.2, 0.25) is 5.91 Å². The molecule has 0 aliphatic heterocycles. The number of nitrogens with one attached hydrogen (secondary N) is 1. The van der Waals surface area contributed by atoms with E-state index in [9.17, 15) is 9.90 Å². The van der Waals surface area contributed by atoms with Gasteiger partial charge in [-0.05, 0) is 59.2 Å². The molecule has 1 aromatic carbocycles. The number of aliphatic hydroxyl groups is 1. The Labute approximate surface area is 140 Å². The van der Waals surface area contributed by atoms with Crippen molar-refractivity contribution < 1.29 is 9.90 Å². The van der Waals surface area contributed by atoms with Crippen molar-refractivity contribution in [2.75, 3.05) is 6.54 Å². The summed E-state index contributed by atoms with van der Waals surface area (Å²) in [6.45, 7) is 0.295. The fourth-order valence-corrected chi connectivity index (χ4v) is 4.79. The normalized spacial score (nSPS) is 26.6. The zero-order valence-corrected chi connectivity index (χ0v) is 13.8. The molecule has 2 aromatic rings. The maximum atomic E-state index is 12.5. The summed E-state index contributed by atoms with van der Waals surface area (Å²) < 4.78 is 0. The van der Waals surface area contributed by atoms with Gasteiger partial charge in [-0.25, -0.2) is 0 Å². The van der Waals surface area contributed by atoms with Crippen molar-refractivity contribution in [2.24, 2.45) is 5.92 Å². The van der Waals surface area contributed by atoms with Gasteiger partial charge >= 0.3 is 0 Å². The molecule has 3 atom stereocenters. The van der Waals surface area contributed by atoms with Crippen molar-refractivity contribution in [3.8, 4) is 0 Å². The first kappa shape index (κ1) is 14.9. The molecule has 1 spiro atoms. The molecule has 23 heavy (non-hydrogen) atoms. The molecule has 1 saturated carbocycles. The molecule has 1 heterocycles. The molecule has 3 nitrogen and oxygen atoms in total. The lowest BCUT2D eigenvalue weighted by Gasteiger charge is -2.26. The van der Waals surface area contributed by atoms with Gasteiger partial charge in [0.25, 0.3) is 0 Å².